The van der Waals surface area contributed by atoms with E-state index in [2.05, 4.69) is 46.9 Å². The van der Waals surface area contributed by atoms with Gasteiger partial charge in [-0.1, -0.05) is 34.6 Å². The van der Waals surface area contributed by atoms with Crippen molar-refractivity contribution in [2.75, 3.05) is 0 Å². The van der Waals surface area contributed by atoms with E-state index < -0.39 is 23.5 Å². The average Bonchev–Trinajstić information content (AvgIpc) is 3.32. The lowest BCUT2D eigenvalue weighted by Gasteiger charge is -2.63. The highest BCUT2D eigenvalue weighted by molar-refractivity contribution is 5.35. The molecule has 5 aliphatic carbocycles. The monoisotopic (exact) mass is 531 g/mol. The van der Waals surface area contributed by atoms with E-state index in [4.69, 9.17) is 9.47 Å². The Morgan fingerprint density at radius 1 is 0.947 bits per heavy atom. The Morgan fingerprint density at radius 3 is 2.29 bits per heavy atom. The number of hydrogen-bond acceptors (Lipinski definition) is 6. The maximum atomic E-state index is 11.2. The molecule has 6 nitrogen and oxygen atoms in total. The summed E-state index contributed by atoms with van der Waals surface area (Å²) in [5, 5.41) is 36.8. The van der Waals surface area contributed by atoms with Gasteiger partial charge in [0.25, 0.3) is 0 Å². The second-order valence-electron chi connectivity index (χ2n) is 16.8. The largest absolute Gasteiger partial charge is 0.393 e. The molecular formula is C32H53NO5. The fourth-order valence-corrected chi connectivity index (χ4v) is 13.2. The fourth-order valence-electron chi connectivity index (χ4n) is 13.2. The summed E-state index contributed by atoms with van der Waals surface area (Å²) in [7, 11) is 0. The molecule has 4 unspecified atom stereocenters. The maximum absolute atomic E-state index is 11.2. The standard InChI is InChI=1S/C32H53NO5/c1-17-15-19(24(35)27(5,6)36)38-32-23(17)28(7)13-14-31-16-30(31)12-11-22(34)26(3,4)20(30)9-10-21(31)29(28,8)25(32)37-18(2)33-32/h17-25,33-36H,9-16H2,1-8H3/t17-,18?,19-,20+,21+,22+,23?,24+,25?,28-,29-,30-,31+,32?/m1/s1. The summed E-state index contributed by atoms with van der Waals surface area (Å²) >= 11 is 0. The zero-order chi connectivity index (χ0) is 27.5. The van der Waals surface area contributed by atoms with Crippen LogP contribution in [0.5, 0.6) is 0 Å². The predicted molar refractivity (Wildman–Crippen MR) is 145 cm³/mol. The van der Waals surface area contributed by atoms with Crippen LogP contribution in [0.4, 0.5) is 0 Å². The molecular weight excluding hydrogens is 478 g/mol. The van der Waals surface area contributed by atoms with Gasteiger partial charge in [0.1, 0.15) is 18.4 Å². The third-order valence-electron chi connectivity index (χ3n) is 14.7. The first-order valence-corrected chi connectivity index (χ1v) is 15.7. The van der Waals surface area contributed by atoms with Crippen molar-refractivity contribution in [1.29, 1.82) is 0 Å². The molecule has 0 aromatic rings. The lowest BCUT2D eigenvalue weighted by molar-refractivity contribution is -0.246. The summed E-state index contributed by atoms with van der Waals surface area (Å²) in [6, 6.07) is 0. The van der Waals surface area contributed by atoms with Crippen molar-refractivity contribution in [2.45, 2.75) is 149 Å². The number of hydrogen-bond donors (Lipinski definition) is 4. The third-order valence-corrected chi connectivity index (χ3v) is 14.7. The lowest BCUT2D eigenvalue weighted by atomic mass is 9.41. The molecule has 6 heteroatoms. The van der Waals surface area contributed by atoms with Crippen molar-refractivity contribution in [3.63, 3.8) is 0 Å². The van der Waals surface area contributed by atoms with Gasteiger partial charge in [-0.3, -0.25) is 5.32 Å². The van der Waals surface area contributed by atoms with Gasteiger partial charge < -0.3 is 24.8 Å². The smallest absolute Gasteiger partial charge is 0.152 e. The van der Waals surface area contributed by atoms with E-state index in [9.17, 15) is 15.3 Å². The van der Waals surface area contributed by atoms with Crippen LogP contribution in [0.1, 0.15) is 107 Å². The van der Waals surface area contributed by atoms with Crippen molar-refractivity contribution in [1.82, 2.24) is 5.32 Å². The zero-order valence-corrected chi connectivity index (χ0v) is 25.0. The molecule has 0 aromatic carbocycles. The Morgan fingerprint density at radius 2 is 1.61 bits per heavy atom. The number of nitrogens with one attached hydrogen (secondary N) is 1. The number of rotatable bonds is 2. The molecule has 7 rings (SSSR count). The molecule has 0 aromatic heterocycles. The highest BCUT2D eigenvalue weighted by Gasteiger charge is 2.87. The summed E-state index contributed by atoms with van der Waals surface area (Å²) in [5.74, 6) is 1.80. The van der Waals surface area contributed by atoms with Gasteiger partial charge in [-0.2, -0.15) is 0 Å². The molecule has 14 atom stereocenters. The van der Waals surface area contributed by atoms with Crippen LogP contribution in [-0.2, 0) is 9.47 Å². The van der Waals surface area contributed by atoms with Crippen molar-refractivity contribution in [2.24, 2.45) is 50.7 Å². The summed E-state index contributed by atoms with van der Waals surface area (Å²) in [6.45, 7) is 17.6. The molecule has 0 amide bonds. The lowest BCUT2D eigenvalue weighted by Crippen LogP contribution is -2.64. The fraction of sp³-hybridized carbons (Fsp3) is 1.00. The number of ether oxygens (including phenoxy) is 2. The van der Waals surface area contributed by atoms with E-state index in [1.807, 2.05) is 0 Å². The van der Waals surface area contributed by atoms with Crippen molar-refractivity contribution >= 4 is 0 Å². The highest BCUT2D eigenvalue weighted by Crippen LogP contribution is 2.90. The molecule has 38 heavy (non-hydrogen) atoms. The second-order valence-corrected chi connectivity index (χ2v) is 16.8. The van der Waals surface area contributed by atoms with Gasteiger partial charge in [0.05, 0.1) is 17.8 Å². The molecule has 4 N–H and O–H groups in total. The van der Waals surface area contributed by atoms with Crippen LogP contribution in [0.2, 0.25) is 0 Å². The zero-order valence-electron chi connectivity index (χ0n) is 25.0. The Kier molecular flexibility index (Phi) is 5.18. The van der Waals surface area contributed by atoms with Crippen molar-refractivity contribution in [3.8, 4) is 0 Å². The minimum absolute atomic E-state index is 0.0166. The minimum Gasteiger partial charge on any atom is -0.393 e. The Balaban J connectivity index is 1.32. The van der Waals surface area contributed by atoms with E-state index >= 15 is 0 Å². The van der Waals surface area contributed by atoms with Gasteiger partial charge in [-0.05, 0) is 112 Å². The van der Waals surface area contributed by atoms with Gasteiger partial charge in [0.2, 0.25) is 0 Å². The highest BCUT2D eigenvalue weighted by atomic mass is 16.6. The van der Waals surface area contributed by atoms with E-state index in [1.165, 1.54) is 38.5 Å². The van der Waals surface area contributed by atoms with Crippen molar-refractivity contribution in [3.05, 3.63) is 0 Å². The van der Waals surface area contributed by atoms with Gasteiger partial charge in [-0.25, -0.2) is 0 Å². The average molecular weight is 532 g/mol. The predicted octanol–water partition coefficient (Wildman–Crippen LogP) is 4.59. The molecule has 7 fully saturated rings. The van der Waals surface area contributed by atoms with E-state index in [0.717, 1.165) is 12.8 Å². The molecule has 0 radical (unpaired) electrons. The molecule has 2 aliphatic heterocycles. The first kappa shape index (κ1) is 26.6. The Hall–Kier alpha value is -0.240. The molecule has 216 valence electrons. The third kappa shape index (κ3) is 2.73. The van der Waals surface area contributed by atoms with Crippen LogP contribution in [-0.4, -0.2) is 57.3 Å². The Labute approximate surface area is 229 Å². The molecule has 2 saturated heterocycles. The second kappa shape index (κ2) is 7.39. The van der Waals surface area contributed by atoms with Crippen molar-refractivity contribution < 1.29 is 24.8 Å². The molecule has 2 heterocycles. The van der Waals surface area contributed by atoms with Crippen LogP contribution in [0.25, 0.3) is 0 Å². The van der Waals surface area contributed by atoms with E-state index in [-0.39, 0.29) is 40.6 Å². The summed E-state index contributed by atoms with van der Waals surface area (Å²) in [5.41, 5.74) is -1.17. The molecule has 7 aliphatic rings. The summed E-state index contributed by atoms with van der Waals surface area (Å²) < 4.78 is 14.0. The minimum atomic E-state index is -1.23. The topological polar surface area (TPSA) is 91.2 Å². The summed E-state index contributed by atoms with van der Waals surface area (Å²) in [4.78, 5) is 0. The quantitative estimate of drug-likeness (QED) is 0.417. The van der Waals surface area contributed by atoms with Gasteiger partial charge in [-0.15, -0.1) is 0 Å². The maximum Gasteiger partial charge on any atom is 0.152 e. The number of aliphatic hydroxyl groups is 3. The SMILES string of the molecule is CC1NC23O[C@@H]([C@H](O)C(C)(C)O)C[C@@H](C)C2[C@@]2(C)CC[C@@]45C[C@@]46CC[C@H](O)C(C)(C)[C@@H]6CC[C@H]5[C@]2(C)C3O1. The normalized spacial score (nSPS) is 61.0. The van der Waals surface area contributed by atoms with Crippen LogP contribution >= 0.6 is 0 Å². The Bertz CT molecular complexity index is 1030. The van der Waals surface area contributed by atoms with Crippen LogP contribution in [0, 0.1) is 50.7 Å². The summed E-state index contributed by atoms with van der Waals surface area (Å²) in [6.07, 6.45) is 7.28. The molecule has 0 bridgehead atoms. The first-order valence-electron chi connectivity index (χ1n) is 15.7. The van der Waals surface area contributed by atoms with E-state index in [0.29, 0.717) is 28.6 Å². The number of aliphatic hydroxyl groups excluding tert-OH is 2. The van der Waals surface area contributed by atoms with Crippen LogP contribution in [0.3, 0.4) is 0 Å². The molecule has 3 spiro atoms. The van der Waals surface area contributed by atoms with Crippen LogP contribution < -0.4 is 5.32 Å². The van der Waals surface area contributed by atoms with E-state index in [1.54, 1.807) is 13.8 Å². The van der Waals surface area contributed by atoms with Gasteiger partial charge in [0, 0.05) is 11.3 Å². The van der Waals surface area contributed by atoms with Gasteiger partial charge >= 0.3 is 0 Å². The number of fused-ring (bicyclic) bond motifs is 4. The van der Waals surface area contributed by atoms with Crippen LogP contribution in [0.15, 0.2) is 0 Å². The molecule has 5 saturated carbocycles. The van der Waals surface area contributed by atoms with Gasteiger partial charge in [0.15, 0.2) is 5.72 Å². The first-order chi connectivity index (χ1) is 17.5.